The van der Waals surface area contributed by atoms with Gasteiger partial charge in [0.1, 0.15) is 5.75 Å². The van der Waals surface area contributed by atoms with Gasteiger partial charge in [0.25, 0.3) is 0 Å². The van der Waals surface area contributed by atoms with Crippen LogP contribution in [0.2, 0.25) is 0 Å². The summed E-state index contributed by atoms with van der Waals surface area (Å²) in [5.41, 5.74) is 0.784. The second-order valence-electron chi connectivity index (χ2n) is 3.90. The maximum absolute atomic E-state index is 11.6. The van der Waals surface area contributed by atoms with Gasteiger partial charge in [-0.05, 0) is 6.07 Å². The average molecular weight is 271 g/mol. The van der Waals surface area contributed by atoms with Crippen molar-refractivity contribution in [1.29, 1.82) is 0 Å². The summed E-state index contributed by atoms with van der Waals surface area (Å²) in [6.07, 6.45) is -0.947. The number of carbonyl (C=O) groups is 1. The van der Waals surface area contributed by atoms with Gasteiger partial charge in [-0.15, -0.1) is 0 Å². The van der Waals surface area contributed by atoms with Gasteiger partial charge < -0.3 is 14.9 Å². The quantitative estimate of drug-likeness (QED) is 0.786. The number of carbonyl (C=O) groups excluding carboxylic acids is 1. The summed E-state index contributed by atoms with van der Waals surface area (Å²) in [5.74, 6) is -0.0710. The molecule has 1 aliphatic heterocycles. The van der Waals surface area contributed by atoms with Crippen molar-refractivity contribution in [2.45, 2.75) is 12.0 Å². The molecule has 0 aliphatic carbocycles. The highest BCUT2D eigenvalue weighted by atomic mass is 31.1. The largest absolute Gasteiger partial charge is 0.496 e. The van der Waals surface area contributed by atoms with Crippen LogP contribution in [0, 0.1) is 0 Å². The molecule has 0 aromatic heterocycles. The minimum Gasteiger partial charge on any atom is -0.496 e. The predicted molar refractivity (Wildman–Crippen MR) is 64.8 cm³/mol. The fourth-order valence-electron chi connectivity index (χ4n) is 2.09. The van der Waals surface area contributed by atoms with Crippen LogP contribution in [-0.4, -0.2) is 30.6 Å². The molecule has 1 heterocycles. The Morgan fingerprint density at radius 2 is 2.17 bits per heavy atom. The molecule has 1 saturated heterocycles. The van der Waals surface area contributed by atoms with Crippen molar-refractivity contribution in [1.82, 2.24) is 5.32 Å². The van der Waals surface area contributed by atoms with Crippen molar-refractivity contribution in [3.05, 3.63) is 29.8 Å². The molecule has 1 aromatic rings. The third-order valence-corrected chi connectivity index (χ3v) is 3.34. The van der Waals surface area contributed by atoms with Crippen LogP contribution >= 0.6 is 8.25 Å². The number of hydrogen-bond donors (Lipinski definition) is 2. The fraction of sp³-hybridized carbons (Fsp3) is 0.364. The van der Waals surface area contributed by atoms with Crippen molar-refractivity contribution < 1.29 is 23.5 Å². The summed E-state index contributed by atoms with van der Waals surface area (Å²) in [5, 5.41) is 2.62. The number of benzene rings is 1. The lowest BCUT2D eigenvalue weighted by atomic mass is 9.95. The molecule has 1 fully saturated rings. The Hall–Kier alpha value is -1.36. The summed E-state index contributed by atoms with van der Waals surface area (Å²) >= 11 is 0. The van der Waals surface area contributed by atoms with Gasteiger partial charge in [0.05, 0.1) is 7.11 Å². The molecule has 1 amide bonds. The minimum atomic E-state index is -3.16. The molecule has 0 saturated carbocycles. The second-order valence-corrected chi connectivity index (χ2v) is 4.67. The first-order chi connectivity index (χ1) is 8.63. The van der Waals surface area contributed by atoms with E-state index < -0.39 is 14.4 Å². The Morgan fingerprint density at radius 3 is 2.83 bits per heavy atom. The van der Waals surface area contributed by atoms with Crippen molar-refractivity contribution in [3.8, 4) is 5.75 Å². The molecule has 0 spiro atoms. The lowest BCUT2D eigenvalue weighted by Gasteiger charge is -2.18. The first kappa shape index (κ1) is 13.1. The van der Waals surface area contributed by atoms with Gasteiger partial charge >= 0.3 is 8.25 Å². The Kier molecular flexibility index (Phi) is 4.01. The fourth-order valence-corrected chi connectivity index (χ4v) is 2.58. The molecule has 2 rings (SSSR count). The SMILES string of the molecule is COc1ccccc1C1CNC(=O)C1O[PH](=O)O. The Balaban J connectivity index is 2.31. The molecule has 0 radical (unpaired) electrons. The molecule has 98 valence electrons. The van der Waals surface area contributed by atoms with Crippen molar-refractivity contribution in [3.63, 3.8) is 0 Å². The molecular weight excluding hydrogens is 257 g/mol. The maximum atomic E-state index is 11.6. The highest BCUT2D eigenvalue weighted by molar-refractivity contribution is 7.32. The zero-order valence-corrected chi connectivity index (χ0v) is 10.8. The van der Waals surface area contributed by atoms with Gasteiger partial charge in [-0.25, -0.2) is 0 Å². The van der Waals surface area contributed by atoms with E-state index in [1.54, 1.807) is 6.07 Å². The van der Waals surface area contributed by atoms with Crippen LogP contribution in [0.15, 0.2) is 24.3 Å². The van der Waals surface area contributed by atoms with Crippen LogP contribution in [0.25, 0.3) is 0 Å². The van der Waals surface area contributed by atoms with Crippen LogP contribution in [0.5, 0.6) is 5.75 Å². The van der Waals surface area contributed by atoms with E-state index in [1.165, 1.54) is 7.11 Å². The second kappa shape index (κ2) is 5.52. The lowest BCUT2D eigenvalue weighted by molar-refractivity contribution is -0.125. The smallest absolute Gasteiger partial charge is 0.317 e. The average Bonchev–Trinajstić information content (AvgIpc) is 2.70. The van der Waals surface area contributed by atoms with Gasteiger partial charge in [-0.2, -0.15) is 0 Å². The van der Waals surface area contributed by atoms with E-state index in [0.29, 0.717) is 12.3 Å². The van der Waals surface area contributed by atoms with Crippen LogP contribution in [0.4, 0.5) is 0 Å². The van der Waals surface area contributed by atoms with E-state index in [-0.39, 0.29) is 11.8 Å². The van der Waals surface area contributed by atoms with Crippen LogP contribution in [-0.2, 0) is 13.9 Å². The summed E-state index contributed by atoms with van der Waals surface area (Å²) in [4.78, 5) is 20.4. The number of para-hydroxylation sites is 1. The highest BCUT2D eigenvalue weighted by Crippen LogP contribution is 2.35. The molecule has 7 heteroatoms. The zero-order valence-electron chi connectivity index (χ0n) is 9.75. The van der Waals surface area contributed by atoms with E-state index in [1.807, 2.05) is 18.2 Å². The number of ether oxygens (including phenoxy) is 1. The minimum absolute atomic E-state index is 0.324. The molecule has 0 bridgehead atoms. The Bertz CT molecular complexity index is 478. The zero-order chi connectivity index (χ0) is 13.1. The van der Waals surface area contributed by atoms with Crippen molar-refractivity contribution in [2.75, 3.05) is 13.7 Å². The van der Waals surface area contributed by atoms with Gasteiger partial charge in [-0.1, -0.05) is 18.2 Å². The molecule has 1 aliphatic rings. The van der Waals surface area contributed by atoms with Gasteiger partial charge in [-0.3, -0.25) is 13.9 Å². The molecular formula is C11H14NO5P. The lowest BCUT2D eigenvalue weighted by Crippen LogP contribution is -2.25. The predicted octanol–water partition coefficient (Wildman–Crippen LogP) is 0.676. The third-order valence-electron chi connectivity index (χ3n) is 2.89. The van der Waals surface area contributed by atoms with E-state index >= 15 is 0 Å². The summed E-state index contributed by atoms with van der Waals surface area (Å²) in [7, 11) is -1.63. The molecule has 3 atom stereocenters. The highest BCUT2D eigenvalue weighted by Gasteiger charge is 2.39. The first-order valence-corrected chi connectivity index (χ1v) is 6.70. The number of amides is 1. The number of methoxy groups -OCH3 is 1. The van der Waals surface area contributed by atoms with Gasteiger partial charge in [0.15, 0.2) is 6.10 Å². The Morgan fingerprint density at radius 1 is 1.44 bits per heavy atom. The van der Waals surface area contributed by atoms with Crippen LogP contribution in [0.1, 0.15) is 11.5 Å². The molecule has 3 unspecified atom stereocenters. The third kappa shape index (κ3) is 2.56. The number of hydrogen-bond acceptors (Lipinski definition) is 4. The molecule has 2 N–H and O–H groups in total. The van der Waals surface area contributed by atoms with E-state index in [0.717, 1.165) is 5.56 Å². The summed E-state index contributed by atoms with van der Waals surface area (Å²) in [6, 6.07) is 7.23. The van der Waals surface area contributed by atoms with E-state index in [2.05, 4.69) is 5.32 Å². The van der Waals surface area contributed by atoms with Crippen LogP contribution in [0.3, 0.4) is 0 Å². The maximum Gasteiger partial charge on any atom is 0.317 e. The first-order valence-electron chi connectivity index (χ1n) is 5.43. The molecule has 1 aromatic carbocycles. The number of nitrogens with one attached hydrogen (secondary N) is 1. The standard InChI is InChI=1S/C11H14NO5P/c1-16-9-5-3-2-4-7(9)8-6-12-11(13)10(8)17-18(14)15/h2-5,8,10,18H,6H2,1H3,(H,12,13)(H,14,15). The Labute approximate surface area is 105 Å². The topological polar surface area (TPSA) is 84.9 Å². The van der Waals surface area contributed by atoms with Crippen LogP contribution < -0.4 is 10.1 Å². The summed E-state index contributed by atoms with van der Waals surface area (Å²) in [6.45, 7) is 0.360. The van der Waals surface area contributed by atoms with E-state index in [4.69, 9.17) is 14.2 Å². The van der Waals surface area contributed by atoms with E-state index in [9.17, 15) is 9.36 Å². The number of rotatable bonds is 4. The monoisotopic (exact) mass is 271 g/mol. The van der Waals surface area contributed by atoms with Gasteiger partial charge in [0, 0.05) is 18.0 Å². The molecule has 18 heavy (non-hydrogen) atoms. The normalized spacial score (nSPS) is 24.7. The van der Waals surface area contributed by atoms with Crippen molar-refractivity contribution in [2.24, 2.45) is 0 Å². The van der Waals surface area contributed by atoms with Gasteiger partial charge in [0.2, 0.25) is 5.91 Å². The molecule has 6 nitrogen and oxygen atoms in total. The summed E-state index contributed by atoms with van der Waals surface area (Å²) < 4.78 is 20.8. The van der Waals surface area contributed by atoms with Crippen molar-refractivity contribution >= 4 is 14.2 Å².